The first-order valence-electron chi connectivity index (χ1n) is 19.5. The molecule has 7 aromatic rings. The Morgan fingerprint density at radius 3 is 2.23 bits per heavy atom. The number of hydrogen-bond donors (Lipinski definition) is 5. The number of amides is 1. The molecule has 0 saturated heterocycles. The number of aliphatic hydroxyl groups excluding tert-OH is 3. The Hall–Kier alpha value is -6.42. The van der Waals surface area contributed by atoms with Gasteiger partial charge in [0, 0.05) is 68.8 Å². The number of aromatic nitrogens is 10. The van der Waals surface area contributed by atoms with Crippen molar-refractivity contribution in [3.8, 4) is 45.6 Å². The number of benzene rings is 3. The monoisotopic (exact) mass is 846 g/mol. The number of rotatable bonds is 9. The molecular weight excluding hydrogens is 810 g/mol. The van der Waals surface area contributed by atoms with Crippen LogP contribution in [0.1, 0.15) is 57.0 Å². The number of aromatic amines is 1. The minimum atomic E-state index is -0.267. The van der Waals surface area contributed by atoms with Crippen molar-refractivity contribution >= 4 is 39.3 Å². The van der Waals surface area contributed by atoms with E-state index in [-0.39, 0.29) is 48.6 Å². The number of aliphatic hydroxyl groups is 3. The normalized spacial score (nSPS) is 12.7. The second-order valence-electron chi connectivity index (χ2n) is 14.9. The van der Waals surface area contributed by atoms with Gasteiger partial charge in [-0.3, -0.25) is 4.79 Å². The zero-order valence-electron chi connectivity index (χ0n) is 32.3. The first-order chi connectivity index (χ1) is 28.9. The van der Waals surface area contributed by atoms with Crippen LogP contribution in [0, 0.1) is 6.92 Å². The van der Waals surface area contributed by atoms with Crippen molar-refractivity contribution in [2.45, 2.75) is 52.2 Å². The van der Waals surface area contributed by atoms with E-state index in [1.54, 1.807) is 12.1 Å². The molecule has 0 unspecified atom stereocenters. The van der Waals surface area contributed by atoms with Crippen LogP contribution >= 0.6 is 0 Å². The van der Waals surface area contributed by atoms with Gasteiger partial charge in [-0.2, -0.15) is 0 Å². The Bertz CT molecular complexity index is 3060. The summed E-state index contributed by atoms with van der Waals surface area (Å²) in [6, 6.07) is 16.4. The Balaban J connectivity index is 0.00000462. The number of imidazole rings is 1. The third kappa shape index (κ3) is 6.97. The van der Waals surface area contributed by atoms with Gasteiger partial charge >= 0.3 is 17.1 Å². The molecule has 0 spiro atoms. The predicted octanol–water partition coefficient (Wildman–Crippen LogP) is 4.76. The van der Waals surface area contributed by atoms with E-state index in [0.717, 1.165) is 47.5 Å². The second-order valence-corrected chi connectivity index (χ2v) is 14.9. The molecule has 8 bridgehead atoms. The predicted molar refractivity (Wildman–Crippen MR) is 220 cm³/mol. The number of nitrogens with one attached hydrogen (secondary N) is 2. The van der Waals surface area contributed by atoms with Crippen molar-refractivity contribution in [3.05, 3.63) is 112 Å². The van der Waals surface area contributed by atoms with E-state index in [1.165, 1.54) is 0 Å². The Morgan fingerprint density at radius 2 is 1.43 bits per heavy atom. The third-order valence-electron chi connectivity index (χ3n) is 11.0. The Morgan fingerprint density at radius 1 is 0.733 bits per heavy atom. The van der Waals surface area contributed by atoms with Crippen LogP contribution in [0.2, 0.25) is 0 Å². The Kier molecular flexibility index (Phi) is 10.4. The molecule has 0 atom stereocenters. The summed E-state index contributed by atoms with van der Waals surface area (Å²) in [7, 11) is 0. The summed E-state index contributed by atoms with van der Waals surface area (Å²) in [6.07, 6.45) is 7.21. The molecule has 6 heterocycles. The number of H-pyrrole nitrogens is 1. The summed E-state index contributed by atoms with van der Waals surface area (Å²) in [6.45, 7) is 1.92. The van der Waals surface area contributed by atoms with Gasteiger partial charge in [-0.25, -0.2) is 15.0 Å². The summed E-state index contributed by atoms with van der Waals surface area (Å²) in [5, 5.41) is 34.7. The topological polar surface area (TPSA) is 224 Å². The molecule has 15 nitrogen and oxygen atoms in total. The number of fused-ring (bicyclic) bond motifs is 20. The maximum absolute atomic E-state index is 14.0. The van der Waals surface area contributed by atoms with Crippen molar-refractivity contribution in [1.29, 1.82) is 0 Å². The van der Waals surface area contributed by atoms with Gasteiger partial charge in [0.2, 0.25) is 0 Å². The van der Waals surface area contributed by atoms with Crippen LogP contribution < -0.4 is 15.3 Å². The van der Waals surface area contributed by atoms with E-state index in [1.807, 2.05) is 61.7 Å². The molecule has 1 aliphatic carbocycles. The van der Waals surface area contributed by atoms with Crippen LogP contribution in [0.15, 0.2) is 72.4 Å². The molecule has 4 aromatic heterocycles. The minimum Gasteiger partial charge on any atom is -0.392 e. The third-order valence-corrected chi connectivity index (χ3v) is 11.0. The van der Waals surface area contributed by atoms with Crippen LogP contribution in [0.25, 0.3) is 78.9 Å². The van der Waals surface area contributed by atoms with Gasteiger partial charge in [-0.05, 0) is 95.8 Å². The smallest absolute Gasteiger partial charge is 0.392 e. The van der Waals surface area contributed by atoms with Crippen molar-refractivity contribution < 1.29 is 37.2 Å². The SMILES string of the molecule is Cc1ncc(CCCCNC(=O)c2cccc3c2-c2nc-3nc3[n-]c(nc4nc(nc5[n-]c(n2)c2ccc(CO)cc52)-c2cc(CO)ccc2-4)c2c3CC=C(CO)C2)[nH]1.[Cu+2]. The van der Waals surface area contributed by atoms with E-state index in [9.17, 15) is 20.1 Å². The summed E-state index contributed by atoms with van der Waals surface area (Å²) < 4.78 is 0. The van der Waals surface area contributed by atoms with E-state index >= 15 is 0 Å². The molecule has 1 amide bonds. The van der Waals surface area contributed by atoms with Gasteiger partial charge < -0.3 is 55.5 Å². The van der Waals surface area contributed by atoms with Crippen molar-refractivity contribution in [2.75, 3.05) is 13.2 Å². The average Bonchev–Trinajstić information content (AvgIpc) is 4.08. The number of allylic oxidation sites excluding steroid dienone is 1. The molecule has 0 fully saturated rings. The van der Waals surface area contributed by atoms with Crippen LogP contribution in [0.3, 0.4) is 0 Å². The fraction of sp³-hybridized carbons (Fsp3) is 0.227. The van der Waals surface area contributed by atoms with Gasteiger partial charge in [0.15, 0.2) is 0 Å². The standard InChI is InChI=1S/C44H38N11O4.Cu/c1-22-46-18-26(47-22)5-2-3-14-45-44(59)31-7-4-6-30-35(31)43-54-38-29-13-10-25(21-58)17-34(29)42(52-38)53-41-33-16-24(20-57)9-12-28(33)37(51-41)50-40-32-15-23(19-56)8-11-27(32)36(49-40)48-39(30)55-43;/h4,6-10,12-13,16-18,56-58H,2-3,5,11,14-15,19-21H2,1H3,(H3-,45,46,47,48,49,50,51,52,53,54,55,59);/q-1;+2/p-1. The average molecular weight is 847 g/mol. The van der Waals surface area contributed by atoms with E-state index < -0.39 is 0 Å². The fourth-order valence-corrected chi connectivity index (χ4v) is 7.97. The zero-order valence-corrected chi connectivity index (χ0v) is 33.2. The van der Waals surface area contributed by atoms with Gasteiger partial charge in [0.1, 0.15) is 5.82 Å². The molecule has 5 N–H and O–H groups in total. The van der Waals surface area contributed by atoms with Crippen LogP contribution in [-0.4, -0.2) is 74.3 Å². The molecule has 10 rings (SSSR count). The van der Waals surface area contributed by atoms with Gasteiger partial charge in [0.25, 0.3) is 5.91 Å². The summed E-state index contributed by atoms with van der Waals surface area (Å²) in [4.78, 5) is 61.4. The zero-order chi connectivity index (χ0) is 40.2. The van der Waals surface area contributed by atoms with E-state index in [2.05, 4.69) is 15.3 Å². The molecule has 16 heteroatoms. The molecule has 3 aromatic carbocycles. The van der Waals surface area contributed by atoms with Gasteiger partial charge in [0.05, 0.1) is 43.1 Å². The molecule has 60 heavy (non-hydrogen) atoms. The van der Waals surface area contributed by atoms with Crippen molar-refractivity contribution in [2.24, 2.45) is 0 Å². The van der Waals surface area contributed by atoms with Crippen LogP contribution in [0.5, 0.6) is 0 Å². The van der Waals surface area contributed by atoms with Crippen LogP contribution in [-0.2, 0) is 49.5 Å². The second kappa shape index (κ2) is 16.0. The number of carbonyl (C=O) groups is 1. The van der Waals surface area contributed by atoms with Gasteiger partial charge in [-0.1, -0.05) is 42.5 Å². The molecular formula is C44H37CuN11O4. The summed E-state index contributed by atoms with van der Waals surface area (Å²) >= 11 is 0. The largest absolute Gasteiger partial charge is 2.00 e. The quantitative estimate of drug-likeness (QED) is 0.0752. The fourth-order valence-electron chi connectivity index (χ4n) is 7.97. The maximum Gasteiger partial charge on any atom is 2.00 e. The molecule has 303 valence electrons. The number of unbranched alkanes of at least 4 members (excludes halogenated alkanes) is 1. The maximum atomic E-state index is 14.0. The Labute approximate surface area is 353 Å². The molecule has 1 radical (unpaired) electrons. The van der Waals surface area contributed by atoms with E-state index in [0.29, 0.717) is 109 Å². The van der Waals surface area contributed by atoms with Gasteiger partial charge in [-0.15, -0.1) is 0 Å². The first kappa shape index (κ1) is 39.1. The van der Waals surface area contributed by atoms with Crippen LogP contribution in [0.4, 0.5) is 0 Å². The number of nitrogens with zero attached hydrogens (tertiary/aromatic N) is 9. The van der Waals surface area contributed by atoms with Crippen molar-refractivity contribution in [3.63, 3.8) is 0 Å². The number of hydrogen-bond acceptors (Lipinski definition) is 11. The summed E-state index contributed by atoms with van der Waals surface area (Å²) in [5.74, 6) is 1.91. The molecule has 0 saturated carbocycles. The van der Waals surface area contributed by atoms with Crippen molar-refractivity contribution in [1.82, 2.24) is 55.2 Å². The first-order valence-corrected chi connectivity index (χ1v) is 19.5. The number of aryl methyl sites for hydroxylation is 2. The summed E-state index contributed by atoms with van der Waals surface area (Å²) in [5.41, 5.74) is 9.28. The molecule has 3 aliphatic rings. The molecule has 2 aliphatic heterocycles. The minimum absolute atomic E-state index is 0. The number of carbonyl (C=O) groups excluding carboxylic acids is 1. The van der Waals surface area contributed by atoms with E-state index in [4.69, 9.17) is 39.9 Å².